The molecule has 4 heterocycles. The van der Waals surface area contributed by atoms with Gasteiger partial charge in [-0.15, -0.1) is 11.3 Å². The fourth-order valence-corrected chi connectivity index (χ4v) is 4.39. The highest BCUT2D eigenvalue weighted by atomic mass is 32.1. The van der Waals surface area contributed by atoms with Crippen LogP contribution in [0.5, 0.6) is 0 Å². The minimum absolute atomic E-state index is 0.00917. The molecule has 0 bridgehead atoms. The van der Waals surface area contributed by atoms with Gasteiger partial charge in [0, 0.05) is 31.1 Å². The van der Waals surface area contributed by atoms with Gasteiger partial charge in [-0.3, -0.25) is 9.59 Å². The Morgan fingerprint density at radius 2 is 2.17 bits per heavy atom. The number of likely N-dealkylation sites (tertiary alicyclic amines) is 1. The van der Waals surface area contributed by atoms with Crippen LogP contribution in [0.25, 0.3) is 0 Å². The molecule has 0 radical (unpaired) electrons. The van der Waals surface area contributed by atoms with Gasteiger partial charge in [0.25, 0.3) is 5.91 Å². The summed E-state index contributed by atoms with van der Waals surface area (Å²) in [5, 5.41) is 3.01. The van der Waals surface area contributed by atoms with E-state index in [1.165, 1.54) is 0 Å². The molecule has 6 nitrogen and oxygen atoms in total. The molecule has 0 aliphatic carbocycles. The molecule has 0 spiro atoms. The second-order valence-electron chi connectivity index (χ2n) is 6.38. The molecule has 2 aromatic heterocycles. The molecule has 0 unspecified atom stereocenters. The summed E-state index contributed by atoms with van der Waals surface area (Å²) in [6, 6.07) is 3.91. The predicted molar refractivity (Wildman–Crippen MR) is 90.9 cm³/mol. The lowest BCUT2D eigenvalue weighted by atomic mass is 10.1. The Balaban J connectivity index is 1.68. The first-order chi connectivity index (χ1) is 11.6. The second-order valence-corrected chi connectivity index (χ2v) is 7.44. The van der Waals surface area contributed by atoms with Gasteiger partial charge in [0.2, 0.25) is 5.91 Å². The third-order valence-electron chi connectivity index (χ3n) is 4.93. The van der Waals surface area contributed by atoms with Gasteiger partial charge in [0.05, 0.1) is 29.3 Å². The van der Waals surface area contributed by atoms with Crippen molar-refractivity contribution in [2.24, 2.45) is 0 Å². The average molecular weight is 344 g/mol. The quantitative estimate of drug-likeness (QED) is 0.856. The maximum atomic E-state index is 13.0. The predicted octanol–water partition coefficient (Wildman–Crippen LogP) is 2.07. The Morgan fingerprint density at radius 3 is 2.88 bits per heavy atom. The summed E-state index contributed by atoms with van der Waals surface area (Å²) in [4.78, 5) is 33.4. The third kappa shape index (κ3) is 2.34. The van der Waals surface area contributed by atoms with Crippen molar-refractivity contribution >= 4 is 23.2 Å². The highest BCUT2D eigenvalue weighted by Crippen LogP contribution is 2.34. The number of hydrogen-bond donors (Lipinski definition) is 0. The maximum Gasteiger partial charge on any atom is 0.271 e. The van der Waals surface area contributed by atoms with E-state index in [-0.39, 0.29) is 23.9 Å². The van der Waals surface area contributed by atoms with E-state index in [1.54, 1.807) is 11.3 Å². The van der Waals surface area contributed by atoms with Gasteiger partial charge in [0.15, 0.2) is 0 Å². The maximum absolute atomic E-state index is 13.0. The average Bonchev–Trinajstić information content (AvgIpc) is 3.29. The van der Waals surface area contributed by atoms with Gasteiger partial charge in [0.1, 0.15) is 5.69 Å². The Morgan fingerprint density at radius 1 is 1.38 bits per heavy atom. The molecule has 0 N–H and O–H groups in total. The highest BCUT2D eigenvalue weighted by Gasteiger charge is 2.45. The van der Waals surface area contributed by atoms with Crippen LogP contribution in [0.1, 0.15) is 40.6 Å². The Kier molecular flexibility index (Phi) is 3.68. The number of rotatable bonds is 3. The molecule has 2 aromatic rings. The number of nitrogens with zero attached hydrogens (tertiary/aromatic N) is 4. The number of carbonyl (C=O) groups excluding carboxylic acids is 2. The van der Waals surface area contributed by atoms with Crippen LogP contribution in [0.15, 0.2) is 23.7 Å². The van der Waals surface area contributed by atoms with Crippen LogP contribution in [-0.2, 0) is 11.3 Å². The number of thiazole rings is 1. The summed E-state index contributed by atoms with van der Waals surface area (Å²) < 4.78 is 2.04. The van der Waals surface area contributed by atoms with E-state index < -0.39 is 0 Å². The molecule has 0 saturated carbocycles. The second kappa shape index (κ2) is 5.73. The smallest absolute Gasteiger partial charge is 0.271 e. The Hall–Kier alpha value is -2.15. The van der Waals surface area contributed by atoms with Crippen molar-refractivity contribution in [1.29, 1.82) is 0 Å². The number of hydrogen-bond acceptors (Lipinski definition) is 4. The summed E-state index contributed by atoms with van der Waals surface area (Å²) in [7, 11) is 0. The van der Waals surface area contributed by atoms with Crippen LogP contribution >= 0.6 is 11.3 Å². The molecule has 2 aliphatic rings. The number of aromatic nitrogens is 2. The van der Waals surface area contributed by atoms with Crippen LogP contribution in [0.2, 0.25) is 0 Å². The Labute approximate surface area is 144 Å². The molecule has 2 aliphatic heterocycles. The lowest BCUT2D eigenvalue weighted by Gasteiger charge is -2.37. The van der Waals surface area contributed by atoms with Crippen molar-refractivity contribution in [2.75, 3.05) is 13.1 Å². The fourth-order valence-electron chi connectivity index (χ4n) is 3.78. The van der Waals surface area contributed by atoms with E-state index >= 15 is 0 Å². The fraction of sp³-hybridized carbons (Fsp3) is 0.471. The molecule has 0 aromatic carbocycles. The zero-order chi connectivity index (χ0) is 16.8. The van der Waals surface area contributed by atoms with Gasteiger partial charge >= 0.3 is 0 Å². The SMILES string of the molecule is CCC(=O)N1C[C@H]2[C@H](C1)n1cccc1C(=O)N2Cc1csc(C)n1. The van der Waals surface area contributed by atoms with E-state index in [9.17, 15) is 9.59 Å². The molecule has 126 valence electrons. The minimum atomic E-state index is 0.00917. The van der Waals surface area contributed by atoms with Crippen LogP contribution < -0.4 is 0 Å². The molecule has 1 fully saturated rings. The van der Waals surface area contributed by atoms with E-state index in [2.05, 4.69) is 4.98 Å². The van der Waals surface area contributed by atoms with Crippen LogP contribution in [0.4, 0.5) is 0 Å². The number of fused-ring (bicyclic) bond motifs is 3. The number of amides is 2. The van der Waals surface area contributed by atoms with Gasteiger partial charge < -0.3 is 14.4 Å². The van der Waals surface area contributed by atoms with Crippen LogP contribution in [-0.4, -0.2) is 50.3 Å². The largest absolute Gasteiger partial charge is 0.338 e. The van der Waals surface area contributed by atoms with E-state index in [0.29, 0.717) is 31.7 Å². The summed E-state index contributed by atoms with van der Waals surface area (Å²) >= 11 is 1.60. The van der Waals surface area contributed by atoms with Crippen molar-refractivity contribution in [1.82, 2.24) is 19.4 Å². The first-order valence-corrected chi connectivity index (χ1v) is 9.13. The monoisotopic (exact) mass is 344 g/mol. The van der Waals surface area contributed by atoms with Crippen molar-refractivity contribution in [2.45, 2.75) is 38.9 Å². The summed E-state index contributed by atoms with van der Waals surface area (Å²) in [6.07, 6.45) is 2.45. The summed E-state index contributed by atoms with van der Waals surface area (Å²) in [5.74, 6) is 0.174. The van der Waals surface area contributed by atoms with E-state index in [4.69, 9.17) is 0 Å². The number of carbonyl (C=O) groups is 2. The molecule has 2 amide bonds. The van der Waals surface area contributed by atoms with Crippen LogP contribution in [0.3, 0.4) is 0 Å². The molecule has 4 rings (SSSR count). The van der Waals surface area contributed by atoms with Crippen LogP contribution in [0, 0.1) is 6.92 Å². The highest BCUT2D eigenvalue weighted by molar-refractivity contribution is 7.09. The van der Waals surface area contributed by atoms with Gasteiger partial charge in [-0.1, -0.05) is 6.92 Å². The molecule has 2 atom stereocenters. The molecule has 1 saturated heterocycles. The van der Waals surface area contributed by atoms with E-state index in [1.807, 2.05) is 51.9 Å². The lowest BCUT2D eigenvalue weighted by molar-refractivity contribution is -0.130. The summed E-state index contributed by atoms with van der Waals surface area (Å²) in [5.41, 5.74) is 1.62. The third-order valence-corrected chi connectivity index (χ3v) is 5.75. The summed E-state index contributed by atoms with van der Waals surface area (Å²) in [6.45, 7) is 5.62. The van der Waals surface area contributed by atoms with Crippen molar-refractivity contribution < 1.29 is 9.59 Å². The minimum Gasteiger partial charge on any atom is -0.338 e. The van der Waals surface area contributed by atoms with Crippen molar-refractivity contribution in [3.05, 3.63) is 40.1 Å². The van der Waals surface area contributed by atoms with Gasteiger partial charge in [-0.05, 0) is 19.1 Å². The zero-order valence-corrected chi connectivity index (χ0v) is 14.6. The normalized spacial score (nSPS) is 22.7. The first kappa shape index (κ1) is 15.4. The molecular formula is C17H20N4O2S. The van der Waals surface area contributed by atoms with Gasteiger partial charge in [-0.25, -0.2) is 4.98 Å². The topological polar surface area (TPSA) is 58.4 Å². The molecule has 24 heavy (non-hydrogen) atoms. The number of aryl methyl sites for hydroxylation is 1. The standard InChI is InChI=1S/C17H20N4O2S/c1-3-16(22)19-8-14-15(9-19)21(7-12-10-24-11(2)18-12)17(23)13-5-4-6-20(13)14/h4-6,10,14-15H,3,7-9H2,1-2H3/t14-,15-/m0/s1. The Bertz CT molecular complexity index is 796. The zero-order valence-electron chi connectivity index (χ0n) is 13.8. The van der Waals surface area contributed by atoms with E-state index in [0.717, 1.165) is 10.7 Å². The van der Waals surface area contributed by atoms with Gasteiger partial charge in [-0.2, -0.15) is 0 Å². The molecule has 7 heteroatoms. The van der Waals surface area contributed by atoms with Crippen molar-refractivity contribution in [3.63, 3.8) is 0 Å². The molecular weight excluding hydrogens is 324 g/mol. The first-order valence-electron chi connectivity index (χ1n) is 8.25. The lowest BCUT2D eigenvalue weighted by Crippen LogP contribution is -2.49. The van der Waals surface area contributed by atoms with Crippen molar-refractivity contribution in [3.8, 4) is 0 Å².